The number of hydrogen-bond donors (Lipinski definition) is 3. The fraction of sp³-hybridized carbons (Fsp3) is 1.00. The first-order valence-corrected chi connectivity index (χ1v) is 5.47. The summed E-state index contributed by atoms with van der Waals surface area (Å²) in [6, 6.07) is 0.151. The molecule has 14 heavy (non-hydrogen) atoms. The van der Waals surface area contributed by atoms with Gasteiger partial charge in [0.2, 0.25) is 0 Å². The van der Waals surface area contributed by atoms with E-state index in [4.69, 9.17) is 4.74 Å². The van der Waals surface area contributed by atoms with Crippen molar-refractivity contribution in [1.82, 2.24) is 5.32 Å². The van der Waals surface area contributed by atoms with Crippen molar-refractivity contribution < 1.29 is 14.9 Å². The second-order valence-electron chi connectivity index (χ2n) is 4.34. The molecule has 1 aliphatic carbocycles. The maximum atomic E-state index is 9.73. The summed E-state index contributed by atoms with van der Waals surface area (Å²) in [5.74, 6) is 0. The van der Waals surface area contributed by atoms with E-state index < -0.39 is 6.10 Å². The lowest BCUT2D eigenvalue weighted by Gasteiger charge is -2.31. The molecule has 82 valence electrons. The molecular formula is C10H19NO3. The smallest absolute Gasteiger partial charge is 0.0948 e. The SMILES string of the molecule is OC1COCC1N[C@H]1CCCC[C@@H]1O. The van der Waals surface area contributed by atoms with Crippen molar-refractivity contribution in [3.63, 3.8) is 0 Å². The zero-order valence-corrected chi connectivity index (χ0v) is 8.35. The van der Waals surface area contributed by atoms with Crippen molar-refractivity contribution in [2.75, 3.05) is 13.2 Å². The molecule has 3 N–H and O–H groups in total. The number of aliphatic hydroxyl groups is 2. The normalized spacial score (nSPS) is 44.1. The Hall–Kier alpha value is -0.160. The Bertz CT molecular complexity index is 188. The second-order valence-corrected chi connectivity index (χ2v) is 4.34. The highest BCUT2D eigenvalue weighted by atomic mass is 16.5. The van der Waals surface area contributed by atoms with E-state index >= 15 is 0 Å². The van der Waals surface area contributed by atoms with Crippen LogP contribution >= 0.6 is 0 Å². The number of ether oxygens (including phenoxy) is 1. The molecule has 1 saturated heterocycles. The van der Waals surface area contributed by atoms with Gasteiger partial charge >= 0.3 is 0 Å². The minimum atomic E-state index is -0.413. The molecule has 2 aliphatic rings. The van der Waals surface area contributed by atoms with E-state index in [0.717, 1.165) is 19.3 Å². The van der Waals surface area contributed by atoms with Crippen LogP contribution in [0.4, 0.5) is 0 Å². The van der Waals surface area contributed by atoms with Crippen LogP contribution in [0.2, 0.25) is 0 Å². The van der Waals surface area contributed by atoms with E-state index in [1.807, 2.05) is 0 Å². The first-order chi connectivity index (χ1) is 6.77. The molecule has 0 aromatic carbocycles. The summed E-state index contributed by atoms with van der Waals surface area (Å²) >= 11 is 0. The topological polar surface area (TPSA) is 61.7 Å². The van der Waals surface area contributed by atoms with Crippen LogP contribution in [-0.4, -0.2) is 47.7 Å². The fourth-order valence-electron chi connectivity index (χ4n) is 2.28. The Morgan fingerprint density at radius 2 is 1.71 bits per heavy atom. The molecule has 4 heteroatoms. The highest BCUT2D eigenvalue weighted by Crippen LogP contribution is 2.20. The van der Waals surface area contributed by atoms with Gasteiger partial charge in [-0.2, -0.15) is 0 Å². The summed E-state index contributed by atoms with van der Waals surface area (Å²) in [4.78, 5) is 0. The zero-order chi connectivity index (χ0) is 9.97. The van der Waals surface area contributed by atoms with Gasteiger partial charge in [0.15, 0.2) is 0 Å². The van der Waals surface area contributed by atoms with Crippen LogP contribution in [0.15, 0.2) is 0 Å². The van der Waals surface area contributed by atoms with Gasteiger partial charge in [0, 0.05) is 6.04 Å². The van der Waals surface area contributed by atoms with Crippen LogP contribution in [0.25, 0.3) is 0 Å². The van der Waals surface area contributed by atoms with Crippen LogP contribution < -0.4 is 5.32 Å². The minimum absolute atomic E-state index is 0.00718. The molecule has 1 saturated carbocycles. The van der Waals surface area contributed by atoms with Gasteiger partial charge in [-0.05, 0) is 12.8 Å². The average molecular weight is 201 g/mol. The molecular weight excluding hydrogens is 182 g/mol. The summed E-state index contributed by atoms with van der Waals surface area (Å²) < 4.78 is 5.15. The number of nitrogens with one attached hydrogen (secondary N) is 1. The summed E-state index contributed by atoms with van der Waals surface area (Å²) in [7, 11) is 0. The predicted molar refractivity (Wildman–Crippen MR) is 52.0 cm³/mol. The van der Waals surface area contributed by atoms with E-state index in [2.05, 4.69) is 5.32 Å². The molecule has 1 heterocycles. The lowest BCUT2D eigenvalue weighted by atomic mass is 9.92. The van der Waals surface area contributed by atoms with Gasteiger partial charge in [0.1, 0.15) is 0 Å². The molecule has 0 aromatic heterocycles. The average Bonchev–Trinajstić information content (AvgIpc) is 2.56. The molecule has 0 bridgehead atoms. The Labute approximate surface area is 84.3 Å². The highest BCUT2D eigenvalue weighted by molar-refractivity contribution is 4.88. The van der Waals surface area contributed by atoms with Crippen molar-refractivity contribution in [3.8, 4) is 0 Å². The van der Waals surface area contributed by atoms with Crippen LogP contribution in [0.5, 0.6) is 0 Å². The van der Waals surface area contributed by atoms with Crippen molar-refractivity contribution in [3.05, 3.63) is 0 Å². The minimum Gasteiger partial charge on any atom is -0.392 e. The Balaban J connectivity index is 1.83. The molecule has 2 rings (SSSR count). The summed E-state index contributed by atoms with van der Waals surface area (Å²) in [5.41, 5.74) is 0. The van der Waals surface area contributed by atoms with Crippen LogP contribution in [0.1, 0.15) is 25.7 Å². The van der Waals surface area contributed by atoms with Gasteiger partial charge in [0.05, 0.1) is 31.5 Å². The summed E-state index contributed by atoms with van der Waals surface area (Å²) in [5, 5.41) is 22.6. The maximum absolute atomic E-state index is 9.73. The van der Waals surface area contributed by atoms with Gasteiger partial charge in [-0.3, -0.25) is 0 Å². The largest absolute Gasteiger partial charge is 0.392 e. The van der Waals surface area contributed by atoms with Crippen LogP contribution in [0, 0.1) is 0 Å². The van der Waals surface area contributed by atoms with Gasteiger partial charge in [-0.15, -0.1) is 0 Å². The first-order valence-electron chi connectivity index (χ1n) is 5.47. The Morgan fingerprint density at radius 3 is 2.36 bits per heavy atom. The molecule has 4 nitrogen and oxygen atoms in total. The Morgan fingerprint density at radius 1 is 0.929 bits per heavy atom. The predicted octanol–water partition coefficient (Wildman–Crippen LogP) is -0.361. The summed E-state index contributed by atoms with van der Waals surface area (Å²) in [6.45, 7) is 0.977. The third kappa shape index (κ3) is 2.25. The third-order valence-corrected chi connectivity index (χ3v) is 3.21. The van der Waals surface area contributed by atoms with E-state index in [0.29, 0.717) is 13.2 Å². The van der Waals surface area contributed by atoms with Gasteiger partial charge in [0.25, 0.3) is 0 Å². The van der Waals surface area contributed by atoms with Crippen LogP contribution in [0.3, 0.4) is 0 Å². The molecule has 0 aromatic rings. The molecule has 1 aliphatic heterocycles. The molecule has 0 amide bonds. The van der Waals surface area contributed by atoms with E-state index in [1.54, 1.807) is 0 Å². The van der Waals surface area contributed by atoms with Crippen molar-refractivity contribution in [2.45, 2.75) is 50.0 Å². The van der Waals surface area contributed by atoms with E-state index in [1.165, 1.54) is 6.42 Å². The zero-order valence-electron chi connectivity index (χ0n) is 8.35. The lowest BCUT2D eigenvalue weighted by Crippen LogP contribution is -2.50. The maximum Gasteiger partial charge on any atom is 0.0948 e. The summed E-state index contributed by atoms with van der Waals surface area (Å²) in [6.07, 6.45) is 3.49. The highest BCUT2D eigenvalue weighted by Gasteiger charge is 2.31. The van der Waals surface area contributed by atoms with E-state index in [-0.39, 0.29) is 18.2 Å². The lowest BCUT2D eigenvalue weighted by molar-refractivity contribution is 0.0713. The number of hydrogen-bond acceptors (Lipinski definition) is 4. The standard InChI is InChI=1S/C10H19NO3/c12-9-4-2-1-3-7(9)11-8-5-14-6-10(8)13/h7-13H,1-6H2/t7-,8?,9-,10?/m0/s1. The number of aliphatic hydroxyl groups excluding tert-OH is 2. The van der Waals surface area contributed by atoms with Gasteiger partial charge < -0.3 is 20.3 Å². The molecule has 4 atom stereocenters. The molecule has 2 fully saturated rings. The van der Waals surface area contributed by atoms with Crippen molar-refractivity contribution >= 4 is 0 Å². The second kappa shape index (κ2) is 4.57. The van der Waals surface area contributed by atoms with Gasteiger partial charge in [-0.1, -0.05) is 12.8 Å². The van der Waals surface area contributed by atoms with Crippen molar-refractivity contribution in [2.24, 2.45) is 0 Å². The fourth-order valence-corrected chi connectivity index (χ4v) is 2.28. The monoisotopic (exact) mass is 201 g/mol. The number of rotatable bonds is 2. The third-order valence-electron chi connectivity index (χ3n) is 3.21. The Kier molecular flexibility index (Phi) is 3.38. The molecule has 0 spiro atoms. The van der Waals surface area contributed by atoms with Gasteiger partial charge in [-0.25, -0.2) is 0 Å². The van der Waals surface area contributed by atoms with Crippen LogP contribution in [-0.2, 0) is 4.74 Å². The molecule has 2 unspecified atom stereocenters. The molecule has 0 radical (unpaired) electrons. The van der Waals surface area contributed by atoms with E-state index in [9.17, 15) is 10.2 Å². The first kappa shape index (κ1) is 10.4. The quantitative estimate of drug-likeness (QED) is 0.571. The van der Waals surface area contributed by atoms with Crippen molar-refractivity contribution in [1.29, 1.82) is 0 Å².